The zero-order valence-corrected chi connectivity index (χ0v) is 15.1. The van der Waals surface area contributed by atoms with E-state index < -0.39 is 5.41 Å². The molecule has 126 valence electrons. The van der Waals surface area contributed by atoms with Gasteiger partial charge in [-0.3, -0.25) is 4.79 Å². The molecule has 1 aromatic carbocycles. The third kappa shape index (κ3) is 8.83. The fourth-order valence-corrected chi connectivity index (χ4v) is 1.52. The molecule has 0 aliphatic rings. The monoisotopic (exact) mass is 308 g/mol. The molecule has 0 saturated carbocycles. The highest BCUT2D eigenvalue weighted by molar-refractivity contribution is 5.77. The van der Waals surface area contributed by atoms with Gasteiger partial charge >= 0.3 is 5.97 Å². The smallest absolute Gasteiger partial charge is 0.316 e. The molecule has 1 rings (SSSR count). The van der Waals surface area contributed by atoms with Gasteiger partial charge in [-0.15, -0.1) is 0 Å². The minimum absolute atomic E-state index is 0.215. The van der Waals surface area contributed by atoms with Crippen LogP contribution in [0, 0.1) is 5.41 Å². The third-order valence-electron chi connectivity index (χ3n) is 2.92. The van der Waals surface area contributed by atoms with E-state index in [0.717, 1.165) is 32.5 Å². The SMILES string of the molecule is CC.CCCCOCCc1ccc(OC(=O)C(C)(C)C)cc1. The number of carbonyl (C=O) groups excluding carboxylic acids is 1. The second-order valence-corrected chi connectivity index (χ2v) is 6.00. The average Bonchev–Trinajstić information content (AvgIpc) is 2.50. The molecule has 22 heavy (non-hydrogen) atoms. The first-order valence-corrected chi connectivity index (χ1v) is 8.32. The Morgan fingerprint density at radius 3 is 2.14 bits per heavy atom. The fourth-order valence-electron chi connectivity index (χ4n) is 1.52. The summed E-state index contributed by atoms with van der Waals surface area (Å²) in [6, 6.07) is 7.64. The zero-order valence-electron chi connectivity index (χ0n) is 15.1. The number of hydrogen-bond donors (Lipinski definition) is 0. The molecular formula is C19H32O3. The normalized spacial score (nSPS) is 10.6. The largest absolute Gasteiger partial charge is 0.426 e. The van der Waals surface area contributed by atoms with E-state index in [9.17, 15) is 4.79 Å². The molecule has 0 aliphatic heterocycles. The maximum atomic E-state index is 11.7. The van der Waals surface area contributed by atoms with Gasteiger partial charge in [-0.2, -0.15) is 0 Å². The Labute approximate surface area is 136 Å². The van der Waals surface area contributed by atoms with Crippen LogP contribution in [-0.2, 0) is 16.0 Å². The number of carbonyl (C=O) groups is 1. The predicted molar refractivity (Wildman–Crippen MR) is 92.3 cm³/mol. The van der Waals surface area contributed by atoms with Crippen LogP contribution in [0.3, 0.4) is 0 Å². The second kappa shape index (κ2) is 11.2. The molecule has 0 heterocycles. The van der Waals surface area contributed by atoms with Crippen molar-refractivity contribution in [2.75, 3.05) is 13.2 Å². The summed E-state index contributed by atoms with van der Waals surface area (Å²) in [5.74, 6) is 0.383. The lowest BCUT2D eigenvalue weighted by atomic mass is 9.97. The van der Waals surface area contributed by atoms with Crippen LogP contribution in [0.15, 0.2) is 24.3 Å². The molecule has 3 heteroatoms. The van der Waals surface area contributed by atoms with Gasteiger partial charge in [0.15, 0.2) is 0 Å². The van der Waals surface area contributed by atoms with E-state index in [1.165, 1.54) is 5.56 Å². The van der Waals surface area contributed by atoms with E-state index in [4.69, 9.17) is 9.47 Å². The summed E-state index contributed by atoms with van der Waals surface area (Å²) in [5, 5.41) is 0. The number of unbranched alkanes of at least 4 members (excludes halogenated alkanes) is 1. The van der Waals surface area contributed by atoms with Crippen molar-refractivity contribution in [1.29, 1.82) is 0 Å². The van der Waals surface area contributed by atoms with Crippen LogP contribution in [0.4, 0.5) is 0 Å². The molecule has 0 N–H and O–H groups in total. The van der Waals surface area contributed by atoms with E-state index in [1.807, 2.05) is 58.9 Å². The van der Waals surface area contributed by atoms with Gasteiger partial charge in [0, 0.05) is 6.61 Å². The number of hydrogen-bond acceptors (Lipinski definition) is 3. The van der Waals surface area contributed by atoms with E-state index in [2.05, 4.69) is 6.92 Å². The summed E-state index contributed by atoms with van der Waals surface area (Å²) < 4.78 is 10.9. The summed E-state index contributed by atoms with van der Waals surface area (Å²) >= 11 is 0. The summed E-state index contributed by atoms with van der Waals surface area (Å²) in [6.45, 7) is 13.3. The quantitative estimate of drug-likeness (QED) is 0.403. The minimum Gasteiger partial charge on any atom is -0.426 e. The van der Waals surface area contributed by atoms with Crippen LogP contribution < -0.4 is 4.74 Å². The van der Waals surface area contributed by atoms with Gasteiger partial charge in [0.05, 0.1) is 12.0 Å². The lowest BCUT2D eigenvalue weighted by Crippen LogP contribution is -2.25. The standard InChI is InChI=1S/C17H26O3.C2H6/c1-5-6-12-19-13-11-14-7-9-15(10-8-14)20-16(18)17(2,3)4;1-2/h7-10H,5-6,11-13H2,1-4H3;1-2H3. The van der Waals surface area contributed by atoms with E-state index in [-0.39, 0.29) is 5.97 Å². The maximum absolute atomic E-state index is 11.7. The van der Waals surface area contributed by atoms with Crippen LogP contribution in [-0.4, -0.2) is 19.2 Å². The molecule has 3 nitrogen and oxygen atoms in total. The Hall–Kier alpha value is -1.35. The average molecular weight is 308 g/mol. The van der Waals surface area contributed by atoms with Crippen LogP contribution in [0.1, 0.15) is 59.9 Å². The summed E-state index contributed by atoms with van der Waals surface area (Å²) in [6.07, 6.45) is 3.16. The van der Waals surface area contributed by atoms with Crippen molar-refractivity contribution in [1.82, 2.24) is 0 Å². The highest BCUT2D eigenvalue weighted by atomic mass is 16.5. The Bertz CT molecular complexity index is 402. The highest BCUT2D eigenvalue weighted by Crippen LogP contribution is 2.19. The molecule has 0 spiro atoms. The van der Waals surface area contributed by atoms with Gasteiger partial charge in [-0.1, -0.05) is 39.3 Å². The summed E-state index contributed by atoms with van der Waals surface area (Å²) in [7, 11) is 0. The first kappa shape index (κ1) is 20.6. The number of ether oxygens (including phenoxy) is 2. The van der Waals surface area contributed by atoms with Gasteiger partial charge in [-0.25, -0.2) is 0 Å². The lowest BCUT2D eigenvalue weighted by Gasteiger charge is -2.16. The zero-order chi connectivity index (χ0) is 17.0. The molecule has 0 atom stereocenters. The Kier molecular flexibility index (Phi) is 10.6. The Balaban J connectivity index is 0.00000211. The van der Waals surface area contributed by atoms with E-state index in [0.29, 0.717) is 5.75 Å². The fraction of sp³-hybridized carbons (Fsp3) is 0.632. The molecule has 0 radical (unpaired) electrons. The first-order chi connectivity index (χ1) is 10.4. The summed E-state index contributed by atoms with van der Waals surface area (Å²) in [5.41, 5.74) is 0.711. The number of rotatable bonds is 7. The number of esters is 1. The highest BCUT2D eigenvalue weighted by Gasteiger charge is 2.23. The third-order valence-corrected chi connectivity index (χ3v) is 2.92. The molecule has 0 aliphatic carbocycles. The molecule has 0 amide bonds. The van der Waals surface area contributed by atoms with Gasteiger partial charge in [0.2, 0.25) is 0 Å². The molecule has 0 saturated heterocycles. The lowest BCUT2D eigenvalue weighted by molar-refractivity contribution is -0.142. The number of benzene rings is 1. The molecule has 1 aromatic rings. The topological polar surface area (TPSA) is 35.5 Å². The second-order valence-electron chi connectivity index (χ2n) is 6.00. The van der Waals surface area contributed by atoms with Crippen molar-refractivity contribution < 1.29 is 14.3 Å². The first-order valence-electron chi connectivity index (χ1n) is 8.32. The van der Waals surface area contributed by atoms with Crippen molar-refractivity contribution in [2.45, 2.75) is 60.8 Å². The molecule has 0 aromatic heterocycles. The van der Waals surface area contributed by atoms with Crippen LogP contribution in [0.2, 0.25) is 0 Å². The van der Waals surface area contributed by atoms with Crippen molar-refractivity contribution in [2.24, 2.45) is 5.41 Å². The minimum atomic E-state index is -0.480. The van der Waals surface area contributed by atoms with Crippen molar-refractivity contribution in [3.63, 3.8) is 0 Å². The van der Waals surface area contributed by atoms with Gasteiger partial charge in [0.25, 0.3) is 0 Å². The molecule has 0 fully saturated rings. The predicted octanol–water partition coefficient (Wildman–Crippen LogP) is 5.02. The summed E-state index contributed by atoms with van der Waals surface area (Å²) in [4.78, 5) is 11.7. The molecule has 0 bridgehead atoms. The van der Waals surface area contributed by atoms with Crippen LogP contribution in [0.5, 0.6) is 5.75 Å². The maximum Gasteiger partial charge on any atom is 0.316 e. The van der Waals surface area contributed by atoms with E-state index >= 15 is 0 Å². The Morgan fingerprint density at radius 1 is 1.05 bits per heavy atom. The van der Waals surface area contributed by atoms with Crippen LogP contribution >= 0.6 is 0 Å². The van der Waals surface area contributed by atoms with Crippen molar-refractivity contribution >= 4 is 5.97 Å². The van der Waals surface area contributed by atoms with Gasteiger partial charge < -0.3 is 9.47 Å². The van der Waals surface area contributed by atoms with Gasteiger partial charge in [-0.05, 0) is 51.3 Å². The van der Waals surface area contributed by atoms with Crippen LogP contribution in [0.25, 0.3) is 0 Å². The Morgan fingerprint density at radius 2 is 1.64 bits per heavy atom. The molecule has 0 unspecified atom stereocenters. The van der Waals surface area contributed by atoms with Crippen molar-refractivity contribution in [3.8, 4) is 5.75 Å². The molecular weight excluding hydrogens is 276 g/mol. The van der Waals surface area contributed by atoms with Gasteiger partial charge in [0.1, 0.15) is 5.75 Å². The van der Waals surface area contributed by atoms with E-state index in [1.54, 1.807) is 0 Å². The van der Waals surface area contributed by atoms with Crippen molar-refractivity contribution in [3.05, 3.63) is 29.8 Å².